The van der Waals surface area contributed by atoms with Crippen LogP contribution in [0.3, 0.4) is 0 Å². The number of hydrogen-bond acceptors (Lipinski definition) is 4. The molecule has 2 N–H and O–H groups in total. The van der Waals surface area contributed by atoms with Crippen LogP contribution in [0.4, 0.5) is 0 Å². The fraction of sp³-hybridized carbons (Fsp3) is 0.158. The van der Waals surface area contributed by atoms with Crippen molar-refractivity contribution in [3.63, 3.8) is 0 Å². The number of rotatable bonds is 6. The van der Waals surface area contributed by atoms with Crippen LogP contribution < -0.4 is 0 Å². The van der Waals surface area contributed by atoms with Gasteiger partial charge in [-0.05, 0) is 11.1 Å². The summed E-state index contributed by atoms with van der Waals surface area (Å²) in [6.45, 7) is 0. The van der Waals surface area contributed by atoms with Gasteiger partial charge in [-0.2, -0.15) is 0 Å². The van der Waals surface area contributed by atoms with Crippen molar-refractivity contribution >= 4 is 18.0 Å². The number of carboxylic acid groups (broad SMARTS) is 1. The van der Waals surface area contributed by atoms with Gasteiger partial charge in [0.05, 0.1) is 13.0 Å². The number of ether oxygens (including phenoxy) is 1. The predicted molar refractivity (Wildman–Crippen MR) is 89.3 cm³/mol. The zero-order valence-electron chi connectivity index (χ0n) is 13.1. The molecule has 0 amide bonds. The van der Waals surface area contributed by atoms with Crippen molar-refractivity contribution < 1.29 is 24.5 Å². The molecule has 2 atom stereocenters. The zero-order valence-corrected chi connectivity index (χ0v) is 13.1. The van der Waals surface area contributed by atoms with E-state index in [-0.39, 0.29) is 0 Å². The van der Waals surface area contributed by atoms with E-state index >= 15 is 0 Å². The van der Waals surface area contributed by atoms with Crippen LogP contribution in [-0.4, -0.2) is 34.9 Å². The van der Waals surface area contributed by atoms with Crippen molar-refractivity contribution in [1.82, 2.24) is 0 Å². The van der Waals surface area contributed by atoms with Crippen LogP contribution in [-0.2, 0) is 14.3 Å². The lowest BCUT2D eigenvalue weighted by Gasteiger charge is -2.28. The summed E-state index contributed by atoms with van der Waals surface area (Å²) < 4.78 is 4.53. The molecule has 2 unspecified atom stereocenters. The summed E-state index contributed by atoms with van der Waals surface area (Å²) >= 11 is 0. The smallest absolute Gasteiger partial charge is 0.350 e. The summed E-state index contributed by atoms with van der Waals surface area (Å²) in [5.74, 6) is -3.99. The summed E-state index contributed by atoms with van der Waals surface area (Å²) in [6, 6.07) is 17.7. The first kappa shape index (κ1) is 17.4. The van der Waals surface area contributed by atoms with E-state index in [4.69, 9.17) is 0 Å². The lowest BCUT2D eigenvalue weighted by molar-refractivity contribution is -0.179. The molecular formula is C19H18O5. The molecule has 124 valence electrons. The van der Waals surface area contributed by atoms with E-state index in [1.165, 1.54) is 6.08 Å². The van der Waals surface area contributed by atoms with Gasteiger partial charge in [-0.1, -0.05) is 72.8 Å². The molecule has 0 aliphatic rings. The second-order valence-electron chi connectivity index (χ2n) is 5.22. The summed E-state index contributed by atoms with van der Waals surface area (Å²) in [4.78, 5) is 23.7. The van der Waals surface area contributed by atoms with Gasteiger partial charge < -0.3 is 14.9 Å². The number of aliphatic carboxylic acids is 1. The highest BCUT2D eigenvalue weighted by Crippen LogP contribution is 2.32. The molecule has 24 heavy (non-hydrogen) atoms. The molecule has 0 radical (unpaired) electrons. The van der Waals surface area contributed by atoms with Crippen molar-refractivity contribution in [1.29, 1.82) is 0 Å². The van der Waals surface area contributed by atoms with Crippen molar-refractivity contribution in [2.75, 3.05) is 7.11 Å². The molecule has 0 aromatic heterocycles. The summed E-state index contributed by atoms with van der Waals surface area (Å²) in [7, 11) is 1.04. The Morgan fingerprint density at radius 3 is 2.08 bits per heavy atom. The number of carbonyl (C=O) groups excluding carboxylic acids is 1. The Balaban J connectivity index is 2.52. The van der Waals surface area contributed by atoms with E-state index in [0.29, 0.717) is 5.56 Å². The lowest BCUT2D eigenvalue weighted by Crippen LogP contribution is -2.51. The average molecular weight is 326 g/mol. The Labute approximate surface area is 139 Å². The van der Waals surface area contributed by atoms with E-state index in [2.05, 4.69) is 4.74 Å². The summed E-state index contributed by atoms with van der Waals surface area (Å²) in [5, 5.41) is 20.1. The minimum absolute atomic E-state index is 0.486. The zero-order chi connectivity index (χ0) is 17.6. The van der Waals surface area contributed by atoms with Crippen LogP contribution >= 0.6 is 0 Å². The first-order chi connectivity index (χ1) is 11.5. The summed E-state index contributed by atoms with van der Waals surface area (Å²) in [6.07, 6.45) is 3.16. The molecule has 2 aromatic carbocycles. The highest BCUT2D eigenvalue weighted by molar-refractivity contribution is 6.04. The molecule has 0 fully saturated rings. The molecule has 0 saturated heterocycles. The first-order valence-corrected chi connectivity index (χ1v) is 7.32. The number of carboxylic acids is 1. The van der Waals surface area contributed by atoms with Gasteiger partial charge >= 0.3 is 11.9 Å². The monoisotopic (exact) mass is 326 g/mol. The fourth-order valence-electron chi connectivity index (χ4n) is 2.43. The van der Waals surface area contributed by atoms with Gasteiger partial charge in [0.1, 0.15) is 0 Å². The van der Waals surface area contributed by atoms with Crippen LogP contribution in [0.5, 0.6) is 0 Å². The minimum Gasteiger partial charge on any atom is -0.479 e. The van der Waals surface area contributed by atoms with E-state index in [0.717, 1.165) is 12.7 Å². The molecule has 0 aliphatic heterocycles. The predicted octanol–water partition coefficient (Wildman–Crippen LogP) is 2.47. The third kappa shape index (κ3) is 3.52. The maximum Gasteiger partial charge on any atom is 0.350 e. The molecule has 5 heteroatoms. The molecule has 2 rings (SSSR count). The van der Waals surface area contributed by atoms with Gasteiger partial charge in [0, 0.05) is 0 Å². The highest BCUT2D eigenvalue weighted by Gasteiger charge is 2.52. The largest absolute Gasteiger partial charge is 0.479 e. The van der Waals surface area contributed by atoms with Crippen LogP contribution in [0, 0.1) is 0 Å². The van der Waals surface area contributed by atoms with E-state index in [1.54, 1.807) is 36.4 Å². The Morgan fingerprint density at radius 2 is 1.58 bits per heavy atom. The molecule has 0 bridgehead atoms. The van der Waals surface area contributed by atoms with E-state index in [9.17, 15) is 19.8 Å². The van der Waals surface area contributed by atoms with Gasteiger partial charge in [-0.15, -0.1) is 0 Å². The van der Waals surface area contributed by atoms with E-state index in [1.807, 2.05) is 30.3 Å². The van der Waals surface area contributed by atoms with Crippen molar-refractivity contribution in [2.45, 2.75) is 11.5 Å². The standard InChI is InChI=1S/C19H18O5/c1-24-18(22)19(23,17(20)21)16(15-10-6-3-7-11-15)13-12-14-8-4-2-5-9-14/h2-13,16,23H,1H3,(H,20,21). The lowest BCUT2D eigenvalue weighted by atomic mass is 9.81. The first-order valence-electron chi connectivity index (χ1n) is 7.32. The average Bonchev–Trinajstić information content (AvgIpc) is 2.62. The molecule has 0 saturated carbocycles. The number of aliphatic hydroxyl groups is 1. The second kappa shape index (κ2) is 7.57. The Morgan fingerprint density at radius 1 is 1.04 bits per heavy atom. The van der Waals surface area contributed by atoms with Crippen LogP contribution in [0.15, 0.2) is 66.7 Å². The number of hydrogen-bond donors (Lipinski definition) is 2. The number of carbonyl (C=O) groups is 2. The van der Waals surface area contributed by atoms with Crippen molar-refractivity contribution in [2.24, 2.45) is 0 Å². The number of esters is 1. The third-order valence-electron chi connectivity index (χ3n) is 3.71. The molecular weight excluding hydrogens is 308 g/mol. The Bertz CT molecular complexity index is 724. The topological polar surface area (TPSA) is 83.8 Å². The van der Waals surface area contributed by atoms with Crippen molar-refractivity contribution in [3.8, 4) is 0 Å². The van der Waals surface area contributed by atoms with Crippen LogP contribution in [0.1, 0.15) is 17.0 Å². The van der Waals surface area contributed by atoms with Crippen LogP contribution in [0.2, 0.25) is 0 Å². The maximum atomic E-state index is 12.0. The Hall–Kier alpha value is -2.92. The molecule has 5 nitrogen and oxygen atoms in total. The molecule has 0 aliphatic carbocycles. The number of methoxy groups -OCH3 is 1. The van der Waals surface area contributed by atoms with Gasteiger partial charge in [-0.25, -0.2) is 9.59 Å². The maximum absolute atomic E-state index is 12.0. The second-order valence-corrected chi connectivity index (χ2v) is 5.22. The minimum atomic E-state index is -2.72. The molecule has 0 heterocycles. The van der Waals surface area contributed by atoms with Gasteiger partial charge in [0.25, 0.3) is 5.60 Å². The van der Waals surface area contributed by atoms with Gasteiger partial charge in [0.2, 0.25) is 0 Å². The van der Waals surface area contributed by atoms with Gasteiger partial charge in [0.15, 0.2) is 0 Å². The normalized spacial score (nSPS) is 14.8. The van der Waals surface area contributed by atoms with Crippen molar-refractivity contribution in [3.05, 3.63) is 77.9 Å². The Kier molecular flexibility index (Phi) is 5.50. The van der Waals surface area contributed by atoms with Crippen LogP contribution in [0.25, 0.3) is 6.08 Å². The molecule has 0 spiro atoms. The third-order valence-corrected chi connectivity index (χ3v) is 3.71. The SMILES string of the molecule is COC(=O)C(O)(C(=O)O)C(C=Cc1ccccc1)c1ccccc1. The van der Waals surface area contributed by atoms with E-state index < -0.39 is 23.5 Å². The summed E-state index contributed by atoms with van der Waals surface area (Å²) in [5.41, 5.74) is -1.42. The fourth-order valence-corrected chi connectivity index (χ4v) is 2.43. The molecule has 2 aromatic rings. The number of benzene rings is 2. The highest BCUT2D eigenvalue weighted by atomic mass is 16.5. The quantitative estimate of drug-likeness (QED) is 0.629. The van der Waals surface area contributed by atoms with Gasteiger partial charge in [-0.3, -0.25) is 0 Å².